The second-order valence-electron chi connectivity index (χ2n) is 4.76. The van der Waals surface area contributed by atoms with Crippen LogP contribution in [0.15, 0.2) is 18.2 Å². The first-order chi connectivity index (χ1) is 9.01. The smallest absolute Gasteiger partial charge is 0.265 e. The fraction of sp³-hybridized carbons (Fsp3) is 0.429. The maximum absolute atomic E-state index is 11.8. The largest absolute Gasteiger partial charge is 0.479 e. The number of carbonyl (C=O) groups excluding carboxylic acids is 2. The van der Waals surface area contributed by atoms with Gasteiger partial charge in [-0.1, -0.05) is 13.8 Å². The molecule has 0 aliphatic carbocycles. The van der Waals surface area contributed by atoms with Gasteiger partial charge >= 0.3 is 0 Å². The van der Waals surface area contributed by atoms with Gasteiger partial charge in [-0.25, -0.2) is 0 Å². The van der Waals surface area contributed by atoms with Gasteiger partial charge in [-0.3, -0.25) is 9.59 Å². The van der Waals surface area contributed by atoms with Gasteiger partial charge in [0.1, 0.15) is 5.75 Å². The Morgan fingerprint density at radius 1 is 1.53 bits per heavy atom. The standard InChI is InChI=1S/C14H18N2O3/c1-4-8(2)13(17)15-10-5-6-12-11(7-10)16-14(18)9(3)19-12/h5-9H,4H2,1-3H3,(H,15,17)(H,16,18)/t8-,9-/m1/s1. The number of ether oxygens (including phenoxy) is 1. The first-order valence-corrected chi connectivity index (χ1v) is 6.43. The van der Waals surface area contributed by atoms with Crippen LogP contribution in [-0.4, -0.2) is 17.9 Å². The van der Waals surface area contributed by atoms with Gasteiger partial charge in [-0.05, 0) is 31.5 Å². The summed E-state index contributed by atoms with van der Waals surface area (Å²) in [5.74, 6) is 0.368. The summed E-state index contributed by atoms with van der Waals surface area (Å²) in [6, 6.07) is 5.22. The highest BCUT2D eigenvalue weighted by Crippen LogP contribution is 2.32. The molecule has 0 saturated heterocycles. The average molecular weight is 262 g/mol. The molecule has 0 saturated carbocycles. The molecule has 0 fully saturated rings. The molecule has 0 radical (unpaired) electrons. The van der Waals surface area contributed by atoms with E-state index in [2.05, 4.69) is 10.6 Å². The van der Waals surface area contributed by atoms with Gasteiger partial charge in [-0.15, -0.1) is 0 Å². The van der Waals surface area contributed by atoms with Gasteiger partial charge in [0.05, 0.1) is 5.69 Å². The number of hydrogen-bond acceptors (Lipinski definition) is 3. The SMILES string of the molecule is CC[C@@H](C)C(=O)Nc1ccc2c(c1)NC(=O)[C@@H](C)O2. The van der Waals surface area contributed by atoms with Gasteiger partial charge in [-0.2, -0.15) is 0 Å². The molecule has 0 bridgehead atoms. The van der Waals surface area contributed by atoms with E-state index < -0.39 is 6.10 Å². The minimum atomic E-state index is -0.493. The topological polar surface area (TPSA) is 67.4 Å². The summed E-state index contributed by atoms with van der Waals surface area (Å²) in [6.07, 6.45) is 0.293. The van der Waals surface area contributed by atoms with Crippen LogP contribution in [0.2, 0.25) is 0 Å². The minimum Gasteiger partial charge on any atom is -0.479 e. The molecule has 0 unspecified atom stereocenters. The van der Waals surface area contributed by atoms with Crippen LogP contribution < -0.4 is 15.4 Å². The molecule has 1 aromatic rings. The highest BCUT2D eigenvalue weighted by atomic mass is 16.5. The molecule has 2 amide bonds. The molecular formula is C14H18N2O3. The predicted octanol–water partition coefficient (Wildman–Crippen LogP) is 2.39. The van der Waals surface area contributed by atoms with E-state index in [0.29, 0.717) is 17.1 Å². The van der Waals surface area contributed by atoms with Crippen LogP contribution in [0.25, 0.3) is 0 Å². The Bertz CT molecular complexity index is 513. The third-order valence-corrected chi connectivity index (χ3v) is 3.24. The Balaban J connectivity index is 2.15. The summed E-state index contributed by atoms with van der Waals surface area (Å²) in [6.45, 7) is 5.53. The predicted molar refractivity (Wildman–Crippen MR) is 73.2 cm³/mol. The van der Waals surface area contributed by atoms with Crippen LogP contribution in [0.4, 0.5) is 11.4 Å². The Morgan fingerprint density at radius 2 is 2.26 bits per heavy atom. The molecule has 2 atom stereocenters. The van der Waals surface area contributed by atoms with Gasteiger partial charge in [0.2, 0.25) is 5.91 Å². The van der Waals surface area contributed by atoms with Crippen LogP contribution in [0.5, 0.6) is 5.75 Å². The lowest BCUT2D eigenvalue weighted by Gasteiger charge is -2.23. The second kappa shape index (κ2) is 5.30. The molecule has 0 spiro atoms. The summed E-state index contributed by atoms with van der Waals surface area (Å²) >= 11 is 0. The lowest BCUT2D eigenvalue weighted by Crippen LogP contribution is -2.34. The Hall–Kier alpha value is -2.04. The van der Waals surface area contributed by atoms with Crippen LogP contribution in [0.3, 0.4) is 0 Å². The van der Waals surface area contributed by atoms with Crippen molar-refractivity contribution in [2.24, 2.45) is 5.92 Å². The first kappa shape index (κ1) is 13.4. The summed E-state index contributed by atoms with van der Waals surface area (Å²) in [5, 5.41) is 5.57. The van der Waals surface area contributed by atoms with Crippen LogP contribution >= 0.6 is 0 Å². The van der Waals surface area contributed by atoms with Gasteiger partial charge in [0.25, 0.3) is 5.91 Å². The highest BCUT2D eigenvalue weighted by Gasteiger charge is 2.23. The number of benzene rings is 1. The lowest BCUT2D eigenvalue weighted by molar-refractivity contribution is -0.122. The van der Waals surface area contributed by atoms with E-state index in [0.717, 1.165) is 6.42 Å². The van der Waals surface area contributed by atoms with E-state index in [1.807, 2.05) is 13.8 Å². The number of hydrogen-bond donors (Lipinski definition) is 2. The molecule has 2 N–H and O–H groups in total. The molecule has 19 heavy (non-hydrogen) atoms. The van der Waals surface area contributed by atoms with Crippen molar-refractivity contribution in [2.45, 2.75) is 33.3 Å². The molecule has 1 aromatic carbocycles. The van der Waals surface area contributed by atoms with Crippen molar-refractivity contribution in [1.29, 1.82) is 0 Å². The number of amides is 2. The average Bonchev–Trinajstić information content (AvgIpc) is 2.39. The van der Waals surface area contributed by atoms with E-state index in [1.54, 1.807) is 25.1 Å². The summed E-state index contributed by atoms with van der Waals surface area (Å²) in [7, 11) is 0. The number of nitrogens with one attached hydrogen (secondary N) is 2. The Labute approximate surface area is 112 Å². The van der Waals surface area contributed by atoms with Crippen molar-refractivity contribution in [2.75, 3.05) is 10.6 Å². The number of fused-ring (bicyclic) bond motifs is 1. The van der Waals surface area contributed by atoms with E-state index in [-0.39, 0.29) is 17.7 Å². The monoisotopic (exact) mass is 262 g/mol. The molecule has 0 aromatic heterocycles. The maximum Gasteiger partial charge on any atom is 0.265 e. The molecule has 2 rings (SSSR count). The zero-order chi connectivity index (χ0) is 14.0. The van der Waals surface area contributed by atoms with Crippen molar-refractivity contribution < 1.29 is 14.3 Å². The summed E-state index contributed by atoms with van der Waals surface area (Å²) < 4.78 is 5.45. The third-order valence-electron chi connectivity index (χ3n) is 3.24. The van der Waals surface area contributed by atoms with Crippen LogP contribution in [0, 0.1) is 5.92 Å². The molecule has 1 heterocycles. The number of rotatable bonds is 3. The summed E-state index contributed by atoms with van der Waals surface area (Å²) in [4.78, 5) is 23.3. The zero-order valence-electron chi connectivity index (χ0n) is 11.3. The molecule has 5 heteroatoms. The van der Waals surface area contributed by atoms with E-state index in [9.17, 15) is 9.59 Å². The fourth-order valence-electron chi connectivity index (χ4n) is 1.74. The maximum atomic E-state index is 11.8. The molecular weight excluding hydrogens is 244 g/mol. The molecule has 102 valence electrons. The van der Waals surface area contributed by atoms with Gasteiger partial charge < -0.3 is 15.4 Å². The third kappa shape index (κ3) is 2.86. The normalized spacial score (nSPS) is 18.9. The van der Waals surface area contributed by atoms with E-state index >= 15 is 0 Å². The molecule has 1 aliphatic rings. The van der Waals surface area contributed by atoms with E-state index in [4.69, 9.17) is 4.74 Å². The quantitative estimate of drug-likeness (QED) is 0.879. The van der Waals surface area contributed by atoms with Crippen molar-refractivity contribution in [3.05, 3.63) is 18.2 Å². The summed E-state index contributed by atoms with van der Waals surface area (Å²) in [5.41, 5.74) is 1.24. The van der Waals surface area contributed by atoms with Crippen molar-refractivity contribution in [3.8, 4) is 5.75 Å². The first-order valence-electron chi connectivity index (χ1n) is 6.43. The van der Waals surface area contributed by atoms with Crippen molar-refractivity contribution >= 4 is 23.2 Å². The van der Waals surface area contributed by atoms with Crippen molar-refractivity contribution in [1.82, 2.24) is 0 Å². The Kier molecular flexibility index (Phi) is 3.74. The number of carbonyl (C=O) groups is 2. The molecule has 5 nitrogen and oxygen atoms in total. The van der Waals surface area contributed by atoms with Gasteiger partial charge in [0.15, 0.2) is 6.10 Å². The fourth-order valence-corrected chi connectivity index (χ4v) is 1.74. The molecule has 1 aliphatic heterocycles. The minimum absolute atomic E-state index is 0.0288. The van der Waals surface area contributed by atoms with E-state index in [1.165, 1.54) is 0 Å². The highest BCUT2D eigenvalue weighted by molar-refractivity contribution is 5.99. The zero-order valence-corrected chi connectivity index (χ0v) is 11.3. The van der Waals surface area contributed by atoms with Crippen molar-refractivity contribution in [3.63, 3.8) is 0 Å². The lowest BCUT2D eigenvalue weighted by atomic mass is 10.1. The number of anilines is 2. The van der Waals surface area contributed by atoms with Crippen LogP contribution in [-0.2, 0) is 9.59 Å². The Morgan fingerprint density at radius 3 is 2.95 bits per heavy atom. The van der Waals surface area contributed by atoms with Crippen LogP contribution in [0.1, 0.15) is 27.2 Å². The second-order valence-corrected chi connectivity index (χ2v) is 4.76. The van der Waals surface area contributed by atoms with Gasteiger partial charge in [0, 0.05) is 11.6 Å².